The van der Waals surface area contributed by atoms with Crippen LogP contribution < -0.4 is 20.3 Å². The number of rotatable bonds is 5. The van der Waals surface area contributed by atoms with E-state index in [4.69, 9.17) is 28.6 Å². The van der Waals surface area contributed by atoms with Gasteiger partial charge >= 0.3 is 0 Å². The van der Waals surface area contributed by atoms with Gasteiger partial charge in [0.1, 0.15) is 5.75 Å². The Balaban J connectivity index is 1.57. The Labute approximate surface area is 163 Å². The number of amides is 1. The third kappa shape index (κ3) is 4.45. The molecule has 1 amide bonds. The fourth-order valence-electron chi connectivity index (χ4n) is 2.86. The first-order valence-electron chi connectivity index (χ1n) is 8.34. The van der Waals surface area contributed by atoms with E-state index < -0.39 is 0 Å². The summed E-state index contributed by atoms with van der Waals surface area (Å²) in [6.07, 6.45) is 1.54. The van der Waals surface area contributed by atoms with Crippen molar-refractivity contribution in [3.05, 3.63) is 53.1 Å². The van der Waals surface area contributed by atoms with E-state index in [1.807, 2.05) is 35.2 Å². The van der Waals surface area contributed by atoms with Crippen molar-refractivity contribution in [2.75, 3.05) is 23.9 Å². The zero-order valence-corrected chi connectivity index (χ0v) is 16.0. The van der Waals surface area contributed by atoms with Gasteiger partial charge in [0.15, 0.2) is 5.11 Å². The number of nitrogens with zero attached hydrogens (tertiary/aromatic N) is 1. The molecule has 0 saturated carbocycles. The van der Waals surface area contributed by atoms with Crippen LogP contribution in [0.1, 0.15) is 18.4 Å². The molecule has 2 aromatic carbocycles. The second-order valence-corrected chi connectivity index (χ2v) is 6.79. The Morgan fingerprint density at radius 3 is 2.85 bits per heavy atom. The lowest BCUT2D eigenvalue weighted by Crippen LogP contribution is -2.28. The first-order valence-corrected chi connectivity index (χ1v) is 9.13. The van der Waals surface area contributed by atoms with Gasteiger partial charge in [-0.25, -0.2) is 0 Å². The summed E-state index contributed by atoms with van der Waals surface area (Å²) < 4.78 is 5.14. The molecule has 2 aromatic rings. The van der Waals surface area contributed by atoms with Crippen molar-refractivity contribution >= 4 is 46.2 Å². The van der Waals surface area contributed by atoms with Gasteiger partial charge in [0.05, 0.1) is 12.1 Å². The molecule has 7 heteroatoms. The van der Waals surface area contributed by atoms with E-state index in [0.717, 1.165) is 29.9 Å². The largest absolute Gasteiger partial charge is 0.495 e. The molecule has 0 radical (unpaired) electrons. The number of carbonyl (C=O) groups excluding carboxylic acids is 1. The van der Waals surface area contributed by atoms with Crippen LogP contribution in [0.15, 0.2) is 42.5 Å². The van der Waals surface area contributed by atoms with Crippen molar-refractivity contribution in [1.29, 1.82) is 0 Å². The number of thiocarbonyl (C=S) groups is 1. The van der Waals surface area contributed by atoms with Gasteiger partial charge in [0.2, 0.25) is 5.91 Å². The molecule has 3 rings (SSSR count). The summed E-state index contributed by atoms with van der Waals surface area (Å²) in [5.41, 5.74) is 2.77. The molecule has 26 heavy (non-hydrogen) atoms. The second-order valence-electron chi connectivity index (χ2n) is 5.98. The summed E-state index contributed by atoms with van der Waals surface area (Å²) in [4.78, 5) is 13.7. The van der Waals surface area contributed by atoms with Crippen LogP contribution in [-0.2, 0) is 11.3 Å². The van der Waals surface area contributed by atoms with Gasteiger partial charge in [-0.3, -0.25) is 4.79 Å². The lowest BCUT2D eigenvalue weighted by atomic mass is 10.2. The molecule has 0 aliphatic carbocycles. The maximum absolute atomic E-state index is 11.9. The number of methoxy groups -OCH3 is 1. The van der Waals surface area contributed by atoms with Gasteiger partial charge in [-0.15, -0.1) is 0 Å². The van der Waals surface area contributed by atoms with Crippen LogP contribution in [0, 0.1) is 0 Å². The van der Waals surface area contributed by atoms with Crippen LogP contribution in [0.3, 0.4) is 0 Å². The summed E-state index contributed by atoms with van der Waals surface area (Å²) in [7, 11) is 1.57. The molecule has 5 nitrogen and oxygen atoms in total. The van der Waals surface area contributed by atoms with Crippen LogP contribution in [0.2, 0.25) is 5.02 Å². The molecular formula is C19H20ClN3O2S. The maximum Gasteiger partial charge on any atom is 0.227 e. The smallest absolute Gasteiger partial charge is 0.227 e. The second kappa shape index (κ2) is 8.38. The molecular weight excluding hydrogens is 370 g/mol. The summed E-state index contributed by atoms with van der Waals surface area (Å²) >= 11 is 11.5. The Kier molecular flexibility index (Phi) is 5.96. The lowest BCUT2D eigenvalue weighted by Gasteiger charge is -2.17. The highest BCUT2D eigenvalue weighted by Gasteiger charge is 2.21. The van der Waals surface area contributed by atoms with Gasteiger partial charge < -0.3 is 20.3 Å². The summed E-state index contributed by atoms with van der Waals surface area (Å²) in [6, 6.07) is 13.3. The molecule has 2 N–H and O–H groups in total. The van der Waals surface area contributed by atoms with E-state index in [1.54, 1.807) is 19.2 Å². The van der Waals surface area contributed by atoms with Crippen molar-refractivity contribution in [3.63, 3.8) is 0 Å². The quantitative estimate of drug-likeness (QED) is 0.758. The molecule has 0 bridgehead atoms. The first-order chi connectivity index (χ1) is 12.6. The Bertz CT molecular complexity index is 828. The van der Waals surface area contributed by atoms with Crippen molar-refractivity contribution in [3.8, 4) is 5.75 Å². The molecule has 0 aromatic heterocycles. The fraction of sp³-hybridized carbons (Fsp3) is 0.263. The van der Waals surface area contributed by atoms with Crippen molar-refractivity contribution in [1.82, 2.24) is 5.32 Å². The van der Waals surface area contributed by atoms with Gasteiger partial charge in [-0.2, -0.15) is 0 Å². The normalized spacial score (nSPS) is 13.6. The molecule has 1 fully saturated rings. The van der Waals surface area contributed by atoms with E-state index in [2.05, 4.69) is 10.6 Å². The number of ether oxygens (including phenoxy) is 1. The number of anilines is 2. The molecule has 0 unspecified atom stereocenters. The minimum atomic E-state index is 0.184. The van der Waals surface area contributed by atoms with Crippen LogP contribution in [-0.4, -0.2) is 24.7 Å². The lowest BCUT2D eigenvalue weighted by molar-refractivity contribution is -0.117. The minimum absolute atomic E-state index is 0.184. The average molecular weight is 390 g/mol. The number of hydrogen-bond acceptors (Lipinski definition) is 3. The van der Waals surface area contributed by atoms with Crippen LogP contribution >= 0.6 is 23.8 Å². The van der Waals surface area contributed by atoms with Gasteiger partial charge in [0, 0.05) is 30.9 Å². The van der Waals surface area contributed by atoms with Crippen molar-refractivity contribution in [2.24, 2.45) is 0 Å². The monoisotopic (exact) mass is 389 g/mol. The average Bonchev–Trinajstić information content (AvgIpc) is 3.06. The first kappa shape index (κ1) is 18.5. The zero-order valence-electron chi connectivity index (χ0n) is 14.4. The number of carbonyl (C=O) groups is 1. The highest BCUT2D eigenvalue weighted by Crippen LogP contribution is 2.27. The van der Waals surface area contributed by atoms with Crippen LogP contribution in [0.4, 0.5) is 11.4 Å². The van der Waals surface area contributed by atoms with E-state index in [0.29, 0.717) is 28.9 Å². The summed E-state index contributed by atoms with van der Waals surface area (Å²) in [5, 5.41) is 7.28. The molecule has 0 spiro atoms. The number of nitrogens with one attached hydrogen (secondary N) is 2. The fourth-order valence-corrected chi connectivity index (χ4v) is 3.30. The highest BCUT2D eigenvalue weighted by atomic mass is 35.5. The standard InChI is InChI=1S/C19H20ClN3O2S/c1-25-17-8-7-14(11-16(17)20)22-19(26)21-12-13-4-2-5-15(10-13)23-9-3-6-18(23)24/h2,4-5,7-8,10-11H,3,6,9,12H2,1H3,(H2,21,22,26). The number of benzene rings is 2. The molecule has 1 aliphatic heterocycles. The zero-order chi connectivity index (χ0) is 18.5. The summed E-state index contributed by atoms with van der Waals surface area (Å²) in [5.74, 6) is 0.799. The third-order valence-electron chi connectivity index (χ3n) is 4.16. The Morgan fingerprint density at radius 1 is 1.31 bits per heavy atom. The van der Waals surface area contributed by atoms with Gasteiger partial charge in [0.25, 0.3) is 0 Å². The molecule has 1 heterocycles. The molecule has 0 atom stereocenters. The minimum Gasteiger partial charge on any atom is -0.495 e. The van der Waals surface area contributed by atoms with Crippen molar-refractivity contribution in [2.45, 2.75) is 19.4 Å². The van der Waals surface area contributed by atoms with Gasteiger partial charge in [-0.05, 0) is 54.5 Å². The molecule has 136 valence electrons. The SMILES string of the molecule is COc1ccc(NC(=S)NCc2cccc(N3CCCC3=O)c2)cc1Cl. The maximum atomic E-state index is 11.9. The Hall–Kier alpha value is -2.31. The van der Waals surface area contributed by atoms with Crippen molar-refractivity contribution < 1.29 is 9.53 Å². The molecule has 1 aliphatic rings. The molecule has 1 saturated heterocycles. The van der Waals surface area contributed by atoms with Crippen LogP contribution in [0.5, 0.6) is 5.75 Å². The Morgan fingerprint density at radius 2 is 2.15 bits per heavy atom. The third-order valence-corrected chi connectivity index (χ3v) is 4.70. The van der Waals surface area contributed by atoms with Gasteiger partial charge in [-0.1, -0.05) is 23.7 Å². The van der Waals surface area contributed by atoms with E-state index in [9.17, 15) is 4.79 Å². The van der Waals surface area contributed by atoms with E-state index >= 15 is 0 Å². The highest BCUT2D eigenvalue weighted by molar-refractivity contribution is 7.80. The number of hydrogen-bond donors (Lipinski definition) is 2. The number of halogens is 1. The predicted molar refractivity (Wildman–Crippen MR) is 109 cm³/mol. The van der Waals surface area contributed by atoms with E-state index in [-0.39, 0.29) is 5.91 Å². The topological polar surface area (TPSA) is 53.6 Å². The predicted octanol–water partition coefficient (Wildman–Crippen LogP) is 3.96. The summed E-state index contributed by atoms with van der Waals surface area (Å²) in [6.45, 7) is 1.35. The van der Waals surface area contributed by atoms with E-state index in [1.165, 1.54) is 0 Å². The van der Waals surface area contributed by atoms with Crippen LogP contribution in [0.25, 0.3) is 0 Å².